The lowest BCUT2D eigenvalue weighted by molar-refractivity contribution is 0.669. The summed E-state index contributed by atoms with van der Waals surface area (Å²) < 4.78 is 13.5. The second-order valence-electron chi connectivity index (χ2n) is 24.2. The van der Waals surface area contributed by atoms with E-state index in [2.05, 4.69) is 341 Å². The molecule has 0 aliphatic rings. The van der Waals surface area contributed by atoms with E-state index in [9.17, 15) is 0 Å². The van der Waals surface area contributed by atoms with Gasteiger partial charge in [-0.1, -0.05) is 243 Å². The first-order valence-electron chi connectivity index (χ1n) is 31.6. The van der Waals surface area contributed by atoms with E-state index in [0.29, 0.717) is 0 Å². The molecule has 0 fully saturated rings. The molecule has 0 N–H and O–H groups in total. The molecular formula is C88H64N2O2. The molecule has 16 rings (SSSR count). The molecular weight excluding hydrogens is 1120 g/mol. The topological polar surface area (TPSA) is 32.8 Å². The number of anilines is 6. The minimum absolute atomic E-state index is 0.877. The summed E-state index contributed by atoms with van der Waals surface area (Å²) in [6, 6.07) is 114. The Labute approximate surface area is 536 Å². The summed E-state index contributed by atoms with van der Waals surface area (Å²) >= 11 is 0. The van der Waals surface area contributed by atoms with Crippen LogP contribution in [0.5, 0.6) is 0 Å². The van der Waals surface area contributed by atoms with Gasteiger partial charge in [0.05, 0.1) is 11.4 Å². The molecule has 2 heterocycles. The monoisotopic (exact) mass is 1180 g/mol. The van der Waals surface area contributed by atoms with Crippen LogP contribution in [0, 0.1) is 27.7 Å². The van der Waals surface area contributed by atoms with Gasteiger partial charge < -0.3 is 18.6 Å². The molecule has 0 unspecified atom stereocenters. The van der Waals surface area contributed by atoms with Crippen LogP contribution in [0.25, 0.3) is 122 Å². The molecule has 14 aromatic carbocycles. The van der Waals surface area contributed by atoms with Crippen LogP contribution in [-0.4, -0.2) is 0 Å². The van der Waals surface area contributed by atoms with Gasteiger partial charge in [-0.15, -0.1) is 0 Å². The number of nitrogens with zero attached hydrogens (tertiary/aromatic N) is 2. The zero-order valence-corrected chi connectivity index (χ0v) is 51.7. The van der Waals surface area contributed by atoms with E-state index in [-0.39, 0.29) is 0 Å². The van der Waals surface area contributed by atoms with Gasteiger partial charge in [-0.05, 0) is 178 Å². The molecule has 0 spiro atoms. The Bertz CT molecular complexity index is 5100. The number of furan rings is 2. The van der Waals surface area contributed by atoms with Gasteiger partial charge in [0.1, 0.15) is 22.3 Å². The van der Waals surface area contributed by atoms with Gasteiger partial charge >= 0.3 is 0 Å². The molecule has 4 heteroatoms. The lowest BCUT2D eigenvalue weighted by Gasteiger charge is -2.31. The third kappa shape index (κ3) is 9.99. The van der Waals surface area contributed by atoms with Crippen molar-refractivity contribution in [3.8, 4) is 77.9 Å². The molecule has 2 aromatic heterocycles. The summed E-state index contributed by atoms with van der Waals surface area (Å²) in [6.45, 7) is 8.95. The van der Waals surface area contributed by atoms with Crippen LogP contribution in [0.4, 0.5) is 34.1 Å². The summed E-state index contributed by atoms with van der Waals surface area (Å²) in [7, 11) is 0. The van der Waals surface area contributed by atoms with E-state index in [1.54, 1.807) is 0 Å². The third-order valence-corrected chi connectivity index (χ3v) is 18.4. The van der Waals surface area contributed by atoms with Crippen LogP contribution >= 0.6 is 0 Å². The highest BCUT2D eigenvalue weighted by molar-refractivity contribution is 6.12. The number of rotatable bonds is 13. The number of fused-ring (bicyclic) bond motifs is 6. The van der Waals surface area contributed by atoms with Gasteiger partial charge in [0.25, 0.3) is 0 Å². The molecule has 0 saturated carbocycles. The highest BCUT2D eigenvalue weighted by Gasteiger charge is 2.27. The normalized spacial score (nSPS) is 11.5. The molecule has 438 valence electrons. The van der Waals surface area contributed by atoms with Crippen molar-refractivity contribution in [3.05, 3.63) is 338 Å². The zero-order valence-electron chi connectivity index (χ0n) is 51.7. The van der Waals surface area contributed by atoms with E-state index < -0.39 is 0 Å². The Balaban J connectivity index is 0.813. The summed E-state index contributed by atoms with van der Waals surface area (Å²) in [5, 5.41) is 4.42. The summed E-state index contributed by atoms with van der Waals surface area (Å²) in [4.78, 5) is 4.91. The van der Waals surface area contributed by atoms with Gasteiger partial charge in [-0.2, -0.15) is 0 Å². The van der Waals surface area contributed by atoms with E-state index in [1.807, 2.05) is 12.1 Å². The Hall–Kier alpha value is -11.7. The molecule has 0 saturated heterocycles. The molecule has 0 radical (unpaired) electrons. The van der Waals surface area contributed by atoms with E-state index in [0.717, 1.165) is 145 Å². The van der Waals surface area contributed by atoms with Crippen molar-refractivity contribution in [2.45, 2.75) is 27.7 Å². The summed E-state index contributed by atoms with van der Waals surface area (Å²) in [5.74, 6) is 0. The van der Waals surface area contributed by atoms with Crippen LogP contribution in [0.15, 0.2) is 324 Å². The predicted octanol–water partition coefficient (Wildman–Crippen LogP) is 25.3. The first kappa shape index (κ1) is 55.6. The van der Waals surface area contributed by atoms with Crippen molar-refractivity contribution in [2.24, 2.45) is 0 Å². The Kier molecular flexibility index (Phi) is 14.1. The molecule has 16 aromatic rings. The van der Waals surface area contributed by atoms with E-state index in [4.69, 9.17) is 8.83 Å². The van der Waals surface area contributed by atoms with Gasteiger partial charge in [-0.3, -0.25) is 0 Å². The van der Waals surface area contributed by atoms with Gasteiger partial charge in [0.2, 0.25) is 0 Å². The second kappa shape index (κ2) is 23.3. The van der Waals surface area contributed by atoms with Gasteiger partial charge in [-0.25, -0.2) is 0 Å². The van der Waals surface area contributed by atoms with Crippen LogP contribution in [0.3, 0.4) is 0 Å². The smallest absolute Gasteiger partial charge is 0.143 e. The molecule has 0 bridgehead atoms. The highest BCUT2D eigenvalue weighted by atomic mass is 16.3. The number of hydrogen-bond donors (Lipinski definition) is 0. The fourth-order valence-electron chi connectivity index (χ4n) is 13.8. The number of hydrogen-bond acceptors (Lipinski definition) is 4. The predicted molar refractivity (Wildman–Crippen MR) is 387 cm³/mol. The molecule has 0 aliphatic heterocycles. The van der Waals surface area contributed by atoms with Crippen LogP contribution in [0.2, 0.25) is 0 Å². The van der Waals surface area contributed by atoms with Crippen molar-refractivity contribution < 1.29 is 8.83 Å². The van der Waals surface area contributed by atoms with Crippen LogP contribution in [-0.2, 0) is 0 Å². The summed E-state index contributed by atoms with van der Waals surface area (Å²) in [6.07, 6.45) is 0. The maximum atomic E-state index is 6.77. The number of benzene rings is 14. The average molecular weight is 1180 g/mol. The molecule has 4 nitrogen and oxygen atoms in total. The van der Waals surface area contributed by atoms with Crippen molar-refractivity contribution >= 4 is 78.0 Å². The first-order chi connectivity index (χ1) is 45.3. The van der Waals surface area contributed by atoms with E-state index in [1.165, 1.54) is 33.4 Å². The minimum Gasteiger partial charge on any atom is -0.455 e. The molecule has 0 aliphatic carbocycles. The Morgan fingerprint density at radius 2 is 0.522 bits per heavy atom. The molecule has 92 heavy (non-hydrogen) atoms. The lowest BCUT2D eigenvalue weighted by atomic mass is 9.94. The van der Waals surface area contributed by atoms with Gasteiger partial charge in [0, 0.05) is 66.5 Å². The van der Waals surface area contributed by atoms with Gasteiger partial charge in [0.15, 0.2) is 0 Å². The Morgan fingerprint density at radius 1 is 0.217 bits per heavy atom. The fourth-order valence-corrected chi connectivity index (χ4v) is 13.8. The second-order valence-corrected chi connectivity index (χ2v) is 24.2. The average Bonchev–Trinajstić information content (AvgIpc) is 1.97. The maximum absolute atomic E-state index is 6.77. The van der Waals surface area contributed by atoms with Crippen molar-refractivity contribution in [2.75, 3.05) is 9.80 Å². The quantitative estimate of drug-likeness (QED) is 0.115. The minimum atomic E-state index is 0.877. The zero-order chi connectivity index (χ0) is 61.8. The largest absolute Gasteiger partial charge is 0.455 e. The van der Waals surface area contributed by atoms with Crippen molar-refractivity contribution in [3.63, 3.8) is 0 Å². The first-order valence-corrected chi connectivity index (χ1v) is 31.6. The SMILES string of the molecule is Cc1cc(-c2ccc(N(c3ccc(-c4cccc(-c5ccccc5)c4)cc3)c3c(C)cccc3-c3cccc4c3oc3ccccc34)c(C)c2)ccc1N(c1ccc(-c2cccc(-c3ccccc3)c2)cc1)c1c(C)cccc1-c1cccc2c1oc1ccccc12. The van der Waals surface area contributed by atoms with Crippen LogP contribution in [0.1, 0.15) is 22.3 Å². The van der Waals surface area contributed by atoms with E-state index >= 15 is 0 Å². The van der Waals surface area contributed by atoms with Crippen molar-refractivity contribution in [1.82, 2.24) is 0 Å². The summed E-state index contributed by atoms with van der Waals surface area (Å²) in [5.41, 5.74) is 30.5. The molecule has 0 amide bonds. The fraction of sp³-hybridized carbons (Fsp3) is 0.0455. The third-order valence-electron chi connectivity index (χ3n) is 18.4. The molecule has 0 atom stereocenters. The number of aryl methyl sites for hydroxylation is 4. The maximum Gasteiger partial charge on any atom is 0.143 e. The lowest BCUT2D eigenvalue weighted by Crippen LogP contribution is -2.14. The Morgan fingerprint density at radius 3 is 0.924 bits per heavy atom. The number of para-hydroxylation sites is 6. The van der Waals surface area contributed by atoms with Crippen molar-refractivity contribution in [1.29, 1.82) is 0 Å². The standard InChI is InChI=1S/C88H64N2O2/c1-57-21-15-33-75(79-37-19-35-77-73-31-11-13-39-83(73)91-87(77)79)85(57)89(71-47-41-63(42-48-71)67-29-17-27-65(55-67)61-23-7-5-8-24-61)81-51-45-69(53-59(81)3)70-46-52-82(60(4)54-70)90(72-49-43-64(44-50-72)68-30-18-28-66(56-68)62-25-9-6-10-26-62)86-58(2)22-16-34-76(86)80-38-20-36-78-74-32-12-14-40-84(74)92-88(78)80/h5-56H,1-4H3. The highest BCUT2D eigenvalue weighted by Crippen LogP contribution is 2.50. The van der Waals surface area contributed by atoms with Crippen LogP contribution < -0.4 is 9.80 Å².